The first-order valence-electron chi connectivity index (χ1n) is 1.43. The molecular weight excluding hydrogens is 136 g/mol. The molecule has 40 valence electrons. The average molecular weight is 139 g/mol. The lowest BCUT2D eigenvalue weighted by Gasteiger charge is -1.74. The van der Waals surface area contributed by atoms with Gasteiger partial charge < -0.3 is 4.55 Å². The highest BCUT2D eigenvalue weighted by Gasteiger charge is 1.81. The number of hydrogen-bond donors (Lipinski definition) is 1. The van der Waals surface area contributed by atoms with E-state index in [1.54, 1.807) is 0 Å². The predicted octanol–water partition coefficient (Wildman–Crippen LogP) is 0.408. The second-order valence-electron chi connectivity index (χ2n) is 0.737. The van der Waals surface area contributed by atoms with Crippen LogP contribution in [0.1, 0.15) is 0 Å². The second kappa shape index (κ2) is 4.13. The molecule has 2 nitrogen and oxygen atoms in total. The van der Waals surface area contributed by atoms with Crippen molar-refractivity contribution >= 4 is 22.7 Å². The first-order chi connectivity index (χ1) is 3.27. The van der Waals surface area contributed by atoms with Gasteiger partial charge in [0.2, 0.25) is 0 Å². The highest BCUT2D eigenvalue weighted by Crippen LogP contribution is 1.69. The second-order valence-corrected chi connectivity index (χ2v) is 1.86. The molecular formula is C3H3ClO2S. The molecule has 0 saturated heterocycles. The molecule has 0 aliphatic rings. The molecule has 0 bridgehead atoms. The third kappa shape index (κ3) is 5.96. The summed E-state index contributed by atoms with van der Waals surface area (Å²) in [6, 6.07) is 0. The Morgan fingerprint density at radius 3 is 2.57 bits per heavy atom. The maximum Gasteiger partial charge on any atom is 0.165 e. The fourth-order valence-electron chi connectivity index (χ4n) is 0.0890. The monoisotopic (exact) mass is 138 g/mol. The molecule has 0 aliphatic heterocycles. The van der Waals surface area contributed by atoms with Gasteiger partial charge in [-0.1, -0.05) is 5.92 Å². The van der Waals surface area contributed by atoms with E-state index in [0.29, 0.717) is 0 Å². The average Bonchev–Trinajstić information content (AvgIpc) is 1.61. The van der Waals surface area contributed by atoms with Gasteiger partial charge in [0.1, 0.15) is 5.75 Å². The topological polar surface area (TPSA) is 37.3 Å². The minimum atomic E-state index is -1.82. The lowest BCUT2D eigenvalue weighted by molar-refractivity contribution is 0.568. The summed E-state index contributed by atoms with van der Waals surface area (Å²) in [6.45, 7) is 0. The minimum absolute atomic E-state index is 0.0660. The van der Waals surface area contributed by atoms with Gasteiger partial charge in [0.15, 0.2) is 11.1 Å². The Morgan fingerprint density at radius 2 is 2.43 bits per heavy atom. The Kier molecular flexibility index (Phi) is 4.10. The van der Waals surface area contributed by atoms with Crippen LogP contribution >= 0.6 is 11.6 Å². The molecule has 0 aromatic heterocycles. The van der Waals surface area contributed by atoms with Crippen LogP contribution in [0, 0.1) is 11.3 Å². The SMILES string of the molecule is O=S(O)CC#CCl. The standard InChI is InChI=1S/C3H3ClO2S/c4-2-1-3-7(5)6/h3H2,(H,5,6). The number of rotatable bonds is 1. The molecule has 1 atom stereocenters. The molecule has 0 amide bonds. The molecule has 0 aromatic rings. The molecule has 0 aromatic carbocycles. The lowest BCUT2D eigenvalue weighted by atomic mass is 10.8. The van der Waals surface area contributed by atoms with Gasteiger partial charge in [0, 0.05) is 5.38 Å². The Balaban J connectivity index is 3.26. The van der Waals surface area contributed by atoms with Crippen LogP contribution in [0.2, 0.25) is 0 Å². The van der Waals surface area contributed by atoms with Gasteiger partial charge in [-0.05, 0) is 11.6 Å². The zero-order chi connectivity index (χ0) is 5.70. The molecule has 7 heavy (non-hydrogen) atoms. The first-order valence-corrected chi connectivity index (χ1v) is 3.08. The summed E-state index contributed by atoms with van der Waals surface area (Å²) in [5.74, 6) is 2.15. The van der Waals surface area contributed by atoms with E-state index < -0.39 is 11.1 Å². The Morgan fingerprint density at radius 1 is 1.86 bits per heavy atom. The van der Waals surface area contributed by atoms with E-state index in [1.807, 2.05) is 5.38 Å². The van der Waals surface area contributed by atoms with Gasteiger partial charge in [-0.25, -0.2) is 4.21 Å². The van der Waals surface area contributed by atoms with Crippen LogP contribution in [0.5, 0.6) is 0 Å². The third-order valence-corrected chi connectivity index (χ3v) is 0.787. The van der Waals surface area contributed by atoms with E-state index in [0.717, 1.165) is 0 Å². The largest absolute Gasteiger partial charge is 0.305 e. The molecule has 4 heteroatoms. The Hall–Kier alpha value is -0.0400. The van der Waals surface area contributed by atoms with Crippen molar-refractivity contribution in [2.75, 3.05) is 5.75 Å². The summed E-state index contributed by atoms with van der Waals surface area (Å²) in [6.07, 6.45) is 0. The van der Waals surface area contributed by atoms with E-state index >= 15 is 0 Å². The van der Waals surface area contributed by atoms with E-state index in [1.165, 1.54) is 0 Å². The Bertz CT molecular complexity index is 123. The van der Waals surface area contributed by atoms with Crippen molar-refractivity contribution in [1.82, 2.24) is 0 Å². The molecule has 0 rings (SSSR count). The fraction of sp³-hybridized carbons (Fsp3) is 0.333. The van der Waals surface area contributed by atoms with Crippen molar-refractivity contribution in [3.63, 3.8) is 0 Å². The Labute approximate surface area is 49.1 Å². The highest BCUT2D eigenvalue weighted by molar-refractivity contribution is 7.79. The van der Waals surface area contributed by atoms with Crippen molar-refractivity contribution in [2.45, 2.75) is 0 Å². The summed E-state index contributed by atoms with van der Waals surface area (Å²) in [4.78, 5) is 0. The summed E-state index contributed by atoms with van der Waals surface area (Å²) >= 11 is 3.02. The molecule has 0 saturated carbocycles. The predicted molar refractivity (Wildman–Crippen MR) is 29.3 cm³/mol. The van der Waals surface area contributed by atoms with Gasteiger partial charge in [-0.2, -0.15) is 0 Å². The minimum Gasteiger partial charge on any atom is -0.305 e. The smallest absolute Gasteiger partial charge is 0.165 e. The summed E-state index contributed by atoms with van der Waals surface area (Å²) in [5.41, 5.74) is 0. The normalized spacial score (nSPS) is 11.7. The van der Waals surface area contributed by atoms with E-state index in [-0.39, 0.29) is 5.75 Å². The van der Waals surface area contributed by atoms with Crippen molar-refractivity contribution in [3.8, 4) is 11.3 Å². The zero-order valence-corrected chi connectivity index (χ0v) is 4.92. The van der Waals surface area contributed by atoms with Crippen molar-refractivity contribution in [3.05, 3.63) is 0 Å². The van der Waals surface area contributed by atoms with Crippen molar-refractivity contribution in [2.24, 2.45) is 0 Å². The number of hydrogen-bond acceptors (Lipinski definition) is 1. The fourth-order valence-corrected chi connectivity index (χ4v) is 0.431. The molecule has 0 aliphatic carbocycles. The summed E-state index contributed by atoms with van der Waals surface area (Å²) in [5, 5.41) is 1.97. The van der Waals surface area contributed by atoms with E-state index in [4.69, 9.17) is 16.2 Å². The van der Waals surface area contributed by atoms with E-state index in [2.05, 4.69) is 5.92 Å². The van der Waals surface area contributed by atoms with Crippen LogP contribution in [0.15, 0.2) is 0 Å². The third-order valence-electron chi connectivity index (χ3n) is 0.262. The van der Waals surface area contributed by atoms with E-state index in [9.17, 15) is 4.21 Å². The zero-order valence-electron chi connectivity index (χ0n) is 3.35. The molecule has 0 fully saturated rings. The van der Waals surface area contributed by atoms with Gasteiger partial charge in [-0.3, -0.25) is 0 Å². The number of halogens is 1. The van der Waals surface area contributed by atoms with Gasteiger partial charge in [-0.15, -0.1) is 0 Å². The maximum absolute atomic E-state index is 9.71. The lowest BCUT2D eigenvalue weighted by Crippen LogP contribution is -1.88. The van der Waals surface area contributed by atoms with Gasteiger partial charge >= 0.3 is 0 Å². The molecule has 0 heterocycles. The van der Waals surface area contributed by atoms with Crippen LogP contribution in [0.3, 0.4) is 0 Å². The summed E-state index contributed by atoms with van der Waals surface area (Å²) < 4.78 is 17.7. The molecule has 0 radical (unpaired) electrons. The van der Waals surface area contributed by atoms with Gasteiger partial charge in [0.05, 0.1) is 0 Å². The van der Waals surface area contributed by atoms with Crippen molar-refractivity contribution < 1.29 is 8.76 Å². The first kappa shape index (κ1) is 6.96. The van der Waals surface area contributed by atoms with Crippen LogP contribution in [-0.2, 0) is 11.1 Å². The van der Waals surface area contributed by atoms with Crippen molar-refractivity contribution in [1.29, 1.82) is 0 Å². The van der Waals surface area contributed by atoms with Gasteiger partial charge in [0.25, 0.3) is 0 Å². The van der Waals surface area contributed by atoms with Crippen LogP contribution in [0.4, 0.5) is 0 Å². The van der Waals surface area contributed by atoms with Crippen LogP contribution in [0.25, 0.3) is 0 Å². The molecule has 1 unspecified atom stereocenters. The van der Waals surface area contributed by atoms with Crippen LogP contribution < -0.4 is 0 Å². The molecule has 1 N–H and O–H groups in total. The maximum atomic E-state index is 9.71. The summed E-state index contributed by atoms with van der Waals surface area (Å²) in [7, 11) is 0. The highest BCUT2D eigenvalue weighted by atomic mass is 35.5. The quantitative estimate of drug-likeness (QED) is 0.421. The molecule has 0 spiro atoms. The van der Waals surface area contributed by atoms with Crippen LogP contribution in [-0.4, -0.2) is 14.5 Å².